The van der Waals surface area contributed by atoms with Crippen LogP contribution >= 0.6 is 0 Å². The molecule has 3 rings (SSSR count). The number of carbonyl (C=O) groups excluding carboxylic acids is 1. The molecule has 0 aliphatic carbocycles. The van der Waals surface area contributed by atoms with Crippen molar-refractivity contribution in [2.75, 3.05) is 32.8 Å². The molecule has 1 saturated heterocycles. The first kappa shape index (κ1) is 14.7. The molecule has 0 atom stereocenters. The van der Waals surface area contributed by atoms with Crippen LogP contribution in [-0.2, 0) is 11.3 Å². The second kappa shape index (κ2) is 6.72. The van der Waals surface area contributed by atoms with Gasteiger partial charge in [-0.05, 0) is 0 Å². The maximum atomic E-state index is 11.4. The van der Waals surface area contributed by atoms with Crippen LogP contribution in [0, 0.1) is 0 Å². The van der Waals surface area contributed by atoms with Crippen LogP contribution in [0.2, 0.25) is 0 Å². The lowest BCUT2D eigenvalue weighted by Crippen LogP contribution is -2.49. The summed E-state index contributed by atoms with van der Waals surface area (Å²) in [5.41, 5.74) is 1.01. The molecule has 6 nitrogen and oxygen atoms in total. The number of hydrogen-bond acceptors (Lipinski definition) is 5. The van der Waals surface area contributed by atoms with Crippen molar-refractivity contribution in [2.24, 2.45) is 0 Å². The molecular formula is C16H19N3O3. The van der Waals surface area contributed by atoms with E-state index in [0.29, 0.717) is 25.5 Å². The minimum absolute atomic E-state index is 0.206. The average Bonchev–Trinajstić information content (AvgIpc) is 3.04. The van der Waals surface area contributed by atoms with Crippen molar-refractivity contribution >= 4 is 5.91 Å². The van der Waals surface area contributed by atoms with Crippen LogP contribution in [0.1, 0.15) is 5.89 Å². The Morgan fingerprint density at radius 2 is 1.91 bits per heavy atom. The van der Waals surface area contributed by atoms with Gasteiger partial charge in [0.25, 0.3) is 0 Å². The highest BCUT2D eigenvalue weighted by atomic mass is 16.4. The van der Waals surface area contributed by atoms with Gasteiger partial charge >= 0.3 is 0 Å². The van der Waals surface area contributed by atoms with E-state index >= 15 is 0 Å². The van der Waals surface area contributed by atoms with E-state index in [9.17, 15) is 4.79 Å². The normalized spacial score (nSPS) is 16.0. The van der Waals surface area contributed by atoms with Crippen molar-refractivity contribution in [1.29, 1.82) is 0 Å². The van der Waals surface area contributed by atoms with Gasteiger partial charge in [-0.25, -0.2) is 4.98 Å². The number of amides is 1. The number of aromatic nitrogens is 1. The minimum atomic E-state index is -0.416. The van der Waals surface area contributed by atoms with E-state index in [1.807, 2.05) is 30.3 Å². The Labute approximate surface area is 129 Å². The summed E-state index contributed by atoms with van der Waals surface area (Å²) in [6, 6.07) is 9.88. The Hall–Kier alpha value is -2.18. The summed E-state index contributed by atoms with van der Waals surface area (Å²) in [7, 11) is 0. The molecule has 1 amide bonds. The van der Waals surface area contributed by atoms with E-state index < -0.39 is 6.61 Å². The largest absolute Gasteiger partial charge is 0.439 e. The van der Waals surface area contributed by atoms with Gasteiger partial charge in [-0.1, -0.05) is 30.3 Å². The van der Waals surface area contributed by atoms with Crippen LogP contribution in [0.4, 0.5) is 0 Å². The molecule has 1 aromatic heterocycles. The van der Waals surface area contributed by atoms with Gasteiger partial charge in [0.15, 0.2) is 5.76 Å². The molecule has 0 radical (unpaired) electrons. The second-order valence-electron chi connectivity index (χ2n) is 5.30. The molecule has 1 fully saturated rings. The monoisotopic (exact) mass is 301 g/mol. The number of hydrogen-bond donors (Lipinski definition) is 1. The number of piperazine rings is 1. The molecular weight excluding hydrogens is 282 g/mol. The quantitative estimate of drug-likeness (QED) is 0.911. The zero-order valence-electron chi connectivity index (χ0n) is 12.3. The van der Waals surface area contributed by atoms with E-state index in [1.54, 1.807) is 11.1 Å². The minimum Gasteiger partial charge on any atom is -0.439 e. The van der Waals surface area contributed by atoms with Crippen LogP contribution in [0.25, 0.3) is 11.3 Å². The van der Waals surface area contributed by atoms with E-state index in [2.05, 4.69) is 9.88 Å². The molecule has 1 aliphatic heterocycles. The van der Waals surface area contributed by atoms with Gasteiger partial charge in [0, 0.05) is 31.7 Å². The zero-order valence-corrected chi connectivity index (χ0v) is 12.3. The lowest BCUT2D eigenvalue weighted by Gasteiger charge is -2.33. The number of aliphatic hydroxyl groups is 1. The smallest absolute Gasteiger partial charge is 0.248 e. The molecule has 0 saturated carbocycles. The molecule has 1 N–H and O–H groups in total. The highest BCUT2D eigenvalue weighted by Gasteiger charge is 2.21. The predicted molar refractivity (Wildman–Crippen MR) is 80.9 cm³/mol. The van der Waals surface area contributed by atoms with Gasteiger partial charge < -0.3 is 14.4 Å². The van der Waals surface area contributed by atoms with Crippen molar-refractivity contribution in [3.8, 4) is 11.3 Å². The summed E-state index contributed by atoms with van der Waals surface area (Å²) in [5, 5.41) is 8.87. The summed E-state index contributed by atoms with van der Waals surface area (Å²) >= 11 is 0. The van der Waals surface area contributed by atoms with Crippen LogP contribution in [-0.4, -0.2) is 58.6 Å². The van der Waals surface area contributed by atoms with Crippen molar-refractivity contribution in [2.45, 2.75) is 6.54 Å². The van der Waals surface area contributed by atoms with Crippen molar-refractivity contribution < 1.29 is 14.3 Å². The molecule has 0 unspecified atom stereocenters. The summed E-state index contributed by atoms with van der Waals surface area (Å²) < 4.78 is 5.79. The fourth-order valence-electron chi connectivity index (χ4n) is 2.57. The summed E-state index contributed by atoms with van der Waals surface area (Å²) in [6.45, 7) is 3.00. The second-order valence-corrected chi connectivity index (χ2v) is 5.30. The number of aliphatic hydroxyl groups excluding tert-OH is 1. The maximum Gasteiger partial charge on any atom is 0.248 e. The number of carbonyl (C=O) groups is 1. The Morgan fingerprint density at radius 3 is 2.59 bits per heavy atom. The average molecular weight is 301 g/mol. The molecule has 22 heavy (non-hydrogen) atoms. The van der Waals surface area contributed by atoms with Crippen LogP contribution in [0.3, 0.4) is 0 Å². The number of oxazole rings is 1. The molecule has 116 valence electrons. The van der Waals surface area contributed by atoms with Crippen LogP contribution in [0.5, 0.6) is 0 Å². The molecule has 6 heteroatoms. The van der Waals surface area contributed by atoms with Crippen molar-refractivity contribution in [3.63, 3.8) is 0 Å². The topological polar surface area (TPSA) is 69.8 Å². The van der Waals surface area contributed by atoms with Gasteiger partial charge in [-0.3, -0.25) is 9.69 Å². The standard InChI is InChI=1S/C16H19N3O3/c20-12-16(21)19-8-6-18(7-9-19)11-15-17-10-14(22-15)13-4-2-1-3-5-13/h1-5,10,20H,6-9,11-12H2. The summed E-state index contributed by atoms with van der Waals surface area (Å²) in [6.07, 6.45) is 1.75. The van der Waals surface area contributed by atoms with E-state index in [-0.39, 0.29) is 5.91 Å². The van der Waals surface area contributed by atoms with Crippen LogP contribution < -0.4 is 0 Å². The first-order chi connectivity index (χ1) is 10.8. The number of benzene rings is 1. The fraction of sp³-hybridized carbons (Fsp3) is 0.375. The molecule has 1 aliphatic rings. The molecule has 0 spiro atoms. The van der Waals surface area contributed by atoms with Gasteiger partial charge in [0.05, 0.1) is 12.7 Å². The van der Waals surface area contributed by atoms with Gasteiger partial charge in [0.2, 0.25) is 11.8 Å². The highest BCUT2D eigenvalue weighted by molar-refractivity contribution is 5.77. The zero-order chi connectivity index (χ0) is 15.4. The first-order valence-electron chi connectivity index (χ1n) is 7.37. The van der Waals surface area contributed by atoms with Crippen molar-refractivity contribution in [1.82, 2.24) is 14.8 Å². The van der Waals surface area contributed by atoms with E-state index in [0.717, 1.165) is 24.4 Å². The highest BCUT2D eigenvalue weighted by Crippen LogP contribution is 2.20. The molecule has 1 aromatic carbocycles. The van der Waals surface area contributed by atoms with E-state index in [1.165, 1.54) is 0 Å². The predicted octanol–water partition coefficient (Wildman–Crippen LogP) is 0.978. The number of rotatable bonds is 4. The van der Waals surface area contributed by atoms with Gasteiger partial charge in [-0.15, -0.1) is 0 Å². The first-order valence-corrected chi connectivity index (χ1v) is 7.37. The molecule has 2 aromatic rings. The SMILES string of the molecule is O=C(CO)N1CCN(Cc2ncc(-c3ccccc3)o2)CC1. The Morgan fingerprint density at radius 1 is 1.18 bits per heavy atom. The third-order valence-electron chi connectivity index (χ3n) is 3.83. The fourth-order valence-corrected chi connectivity index (χ4v) is 2.57. The number of nitrogens with zero attached hydrogens (tertiary/aromatic N) is 3. The maximum absolute atomic E-state index is 11.4. The Kier molecular flexibility index (Phi) is 4.50. The lowest BCUT2D eigenvalue weighted by molar-refractivity contribution is -0.136. The van der Waals surface area contributed by atoms with Gasteiger partial charge in [0.1, 0.15) is 6.61 Å². The summed E-state index contributed by atoms with van der Waals surface area (Å²) in [4.78, 5) is 19.6. The molecule has 0 bridgehead atoms. The summed E-state index contributed by atoms with van der Waals surface area (Å²) in [5.74, 6) is 1.24. The van der Waals surface area contributed by atoms with Crippen LogP contribution in [0.15, 0.2) is 40.9 Å². The Bertz CT molecular complexity index is 619. The third kappa shape index (κ3) is 3.35. The van der Waals surface area contributed by atoms with E-state index in [4.69, 9.17) is 9.52 Å². The molecule has 2 heterocycles. The Balaban J connectivity index is 1.57. The van der Waals surface area contributed by atoms with Gasteiger partial charge in [-0.2, -0.15) is 0 Å². The third-order valence-corrected chi connectivity index (χ3v) is 3.83. The van der Waals surface area contributed by atoms with Crippen molar-refractivity contribution in [3.05, 3.63) is 42.4 Å². The lowest BCUT2D eigenvalue weighted by atomic mass is 10.2.